The van der Waals surface area contributed by atoms with Gasteiger partial charge in [0.05, 0.1) is 29.0 Å². The van der Waals surface area contributed by atoms with Crippen LogP contribution in [-0.4, -0.2) is 35.3 Å². The normalized spacial score (nSPS) is 13.8. The standard InChI is InChI=1S/C31H28F3N3O2/c1-37(18-28(38)36-26-16-15-24(32)29(33)30(26)34)31(39)23-17-27(35-25-10-6-5-9-22(23)25)21-13-11-20(12-14-21)19-7-3-2-4-8-19/h5-6,9-17,19H,2-4,7-8,18H2,1H3,(H,36,38). The number of aromatic nitrogens is 1. The Morgan fingerprint density at radius 3 is 2.38 bits per heavy atom. The summed E-state index contributed by atoms with van der Waals surface area (Å²) in [4.78, 5) is 32.0. The molecule has 0 spiro atoms. The van der Waals surface area contributed by atoms with E-state index in [1.54, 1.807) is 18.2 Å². The molecule has 1 saturated carbocycles. The molecule has 1 aliphatic rings. The zero-order valence-electron chi connectivity index (χ0n) is 21.5. The molecule has 5 nitrogen and oxygen atoms in total. The monoisotopic (exact) mass is 531 g/mol. The van der Waals surface area contributed by atoms with Gasteiger partial charge in [-0.25, -0.2) is 18.2 Å². The van der Waals surface area contributed by atoms with Crippen molar-refractivity contribution in [1.82, 2.24) is 9.88 Å². The van der Waals surface area contributed by atoms with Crippen molar-refractivity contribution in [3.05, 3.63) is 95.3 Å². The van der Waals surface area contributed by atoms with Gasteiger partial charge >= 0.3 is 0 Å². The van der Waals surface area contributed by atoms with Crippen molar-refractivity contribution in [2.24, 2.45) is 0 Å². The number of halogens is 3. The summed E-state index contributed by atoms with van der Waals surface area (Å²) in [5.41, 5.74) is 3.32. The van der Waals surface area contributed by atoms with Gasteiger partial charge in [-0.3, -0.25) is 9.59 Å². The van der Waals surface area contributed by atoms with E-state index in [4.69, 9.17) is 4.98 Å². The fourth-order valence-corrected chi connectivity index (χ4v) is 5.17. The Morgan fingerprint density at radius 2 is 1.64 bits per heavy atom. The lowest BCUT2D eigenvalue weighted by atomic mass is 9.84. The van der Waals surface area contributed by atoms with Crippen LogP contribution in [0.25, 0.3) is 22.2 Å². The predicted molar refractivity (Wildman–Crippen MR) is 145 cm³/mol. The molecule has 3 aromatic carbocycles. The van der Waals surface area contributed by atoms with E-state index in [0.29, 0.717) is 28.1 Å². The molecule has 1 N–H and O–H groups in total. The molecule has 1 aromatic heterocycles. The van der Waals surface area contributed by atoms with E-state index in [0.717, 1.165) is 17.7 Å². The second-order valence-corrected chi connectivity index (χ2v) is 9.96. The minimum atomic E-state index is -1.68. The molecule has 0 unspecified atom stereocenters. The Bertz CT molecular complexity index is 1530. The molecule has 0 atom stereocenters. The molecule has 1 fully saturated rings. The highest BCUT2D eigenvalue weighted by molar-refractivity contribution is 6.08. The minimum Gasteiger partial charge on any atom is -0.332 e. The van der Waals surface area contributed by atoms with Crippen LogP contribution in [0.4, 0.5) is 18.9 Å². The van der Waals surface area contributed by atoms with Crippen molar-refractivity contribution in [3.8, 4) is 11.3 Å². The van der Waals surface area contributed by atoms with Gasteiger partial charge < -0.3 is 10.2 Å². The first kappa shape index (κ1) is 26.4. The van der Waals surface area contributed by atoms with Crippen LogP contribution in [0.15, 0.2) is 66.7 Å². The lowest BCUT2D eigenvalue weighted by Crippen LogP contribution is -2.35. The largest absolute Gasteiger partial charge is 0.332 e. The first-order valence-corrected chi connectivity index (χ1v) is 13.0. The third-order valence-electron chi connectivity index (χ3n) is 7.27. The minimum absolute atomic E-state index is 0.362. The summed E-state index contributed by atoms with van der Waals surface area (Å²) in [5, 5.41) is 2.82. The number of carbonyl (C=O) groups excluding carboxylic acids is 2. The third-order valence-corrected chi connectivity index (χ3v) is 7.27. The summed E-state index contributed by atoms with van der Waals surface area (Å²) < 4.78 is 40.7. The third kappa shape index (κ3) is 5.65. The van der Waals surface area contributed by atoms with Gasteiger partial charge in [-0.15, -0.1) is 0 Å². The van der Waals surface area contributed by atoms with Gasteiger partial charge in [-0.2, -0.15) is 0 Å². The van der Waals surface area contributed by atoms with Crippen molar-refractivity contribution in [3.63, 3.8) is 0 Å². The van der Waals surface area contributed by atoms with Crippen LogP contribution in [0.2, 0.25) is 0 Å². The van der Waals surface area contributed by atoms with Gasteiger partial charge in [-0.05, 0) is 48.6 Å². The predicted octanol–water partition coefficient (Wildman–Crippen LogP) is 7.08. The average Bonchev–Trinajstić information content (AvgIpc) is 2.97. The lowest BCUT2D eigenvalue weighted by Gasteiger charge is -2.22. The van der Waals surface area contributed by atoms with E-state index in [9.17, 15) is 22.8 Å². The molecular weight excluding hydrogens is 503 g/mol. The van der Waals surface area contributed by atoms with Gasteiger partial charge in [0.2, 0.25) is 5.91 Å². The van der Waals surface area contributed by atoms with Crippen LogP contribution in [0, 0.1) is 17.5 Å². The number of amides is 2. The van der Waals surface area contributed by atoms with E-state index < -0.39 is 41.5 Å². The second kappa shape index (κ2) is 11.3. The first-order valence-electron chi connectivity index (χ1n) is 13.0. The van der Waals surface area contributed by atoms with Crippen molar-refractivity contribution >= 4 is 28.4 Å². The van der Waals surface area contributed by atoms with Gasteiger partial charge in [0.25, 0.3) is 5.91 Å². The summed E-state index contributed by atoms with van der Waals surface area (Å²) in [6.45, 7) is -0.431. The number of para-hydroxylation sites is 1. The molecule has 1 aliphatic carbocycles. The van der Waals surface area contributed by atoms with E-state index in [2.05, 4.69) is 17.4 Å². The summed E-state index contributed by atoms with van der Waals surface area (Å²) in [5.74, 6) is -5.16. The number of nitrogens with zero attached hydrogens (tertiary/aromatic N) is 2. The van der Waals surface area contributed by atoms with E-state index in [-0.39, 0.29) is 0 Å². The van der Waals surface area contributed by atoms with Gasteiger partial charge in [-0.1, -0.05) is 61.7 Å². The quantitative estimate of drug-likeness (QED) is 0.271. The maximum atomic E-state index is 14.0. The van der Waals surface area contributed by atoms with Gasteiger partial charge in [0, 0.05) is 18.0 Å². The second-order valence-electron chi connectivity index (χ2n) is 9.96. The fourth-order valence-electron chi connectivity index (χ4n) is 5.17. The molecule has 5 rings (SSSR count). The van der Waals surface area contributed by atoms with E-state index in [1.807, 2.05) is 24.3 Å². The number of carbonyl (C=O) groups is 2. The Hall–Kier alpha value is -4.20. The number of benzene rings is 3. The molecule has 0 bridgehead atoms. The van der Waals surface area contributed by atoms with Crippen molar-refractivity contribution in [2.45, 2.75) is 38.0 Å². The molecule has 2 amide bonds. The number of hydrogen-bond donors (Lipinski definition) is 1. The molecule has 1 heterocycles. The maximum Gasteiger partial charge on any atom is 0.254 e. The highest BCUT2D eigenvalue weighted by atomic mass is 19.2. The highest BCUT2D eigenvalue weighted by Crippen LogP contribution is 2.34. The van der Waals surface area contributed by atoms with Crippen LogP contribution in [0.1, 0.15) is 53.9 Å². The van der Waals surface area contributed by atoms with Gasteiger partial charge in [0.1, 0.15) is 0 Å². The van der Waals surface area contributed by atoms with Crippen LogP contribution in [-0.2, 0) is 4.79 Å². The Kier molecular flexibility index (Phi) is 7.63. The molecule has 4 aromatic rings. The summed E-state index contributed by atoms with van der Waals surface area (Å²) >= 11 is 0. The Morgan fingerprint density at radius 1 is 0.923 bits per heavy atom. The molecule has 8 heteroatoms. The van der Waals surface area contributed by atoms with Crippen LogP contribution in [0.5, 0.6) is 0 Å². The molecule has 39 heavy (non-hydrogen) atoms. The summed E-state index contributed by atoms with van der Waals surface area (Å²) in [6, 6.07) is 18.9. The molecular formula is C31H28F3N3O2. The average molecular weight is 532 g/mol. The van der Waals surface area contributed by atoms with Crippen LogP contribution in [0.3, 0.4) is 0 Å². The number of pyridine rings is 1. The SMILES string of the molecule is CN(CC(=O)Nc1ccc(F)c(F)c1F)C(=O)c1cc(-c2ccc(C3CCCCC3)cc2)nc2ccccc12. The number of rotatable bonds is 6. The number of likely N-dealkylation sites (N-methyl/N-ethyl adjacent to an activating group) is 1. The highest BCUT2D eigenvalue weighted by Gasteiger charge is 2.22. The number of nitrogens with one attached hydrogen (secondary N) is 1. The Balaban J connectivity index is 1.38. The molecule has 200 valence electrons. The number of anilines is 1. The van der Waals surface area contributed by atoms with Crippen LogP contribution < -0.4 is 5.32 Å². The van der Waals surface area contributed by atoms with Crippen molar-refractivity contribution in [1.29, 1.82) is 0 Å². The Labute approximate surface area is 224 Å². The zero-order chi connectivity index (χ0) is 27.5. The van der Waals surface area contributed by atoms with Crippen LogP contribution >= 0.6 is 0 Å². The smallest absolute Gasteiger partial charge is 0.254 e. The summed E-state index contributed by atoms with van der Waals surface area (Å²) in [7, 11) is 1.44. The fraction of sp³-hybridized carbons (Fsp3) is 0.258. The van der Waals surface area contributed by atoms with E-state index >= 15 is 0 Å². The number of fused-ring (bicyclic) bond motifs is 1. The molecule has 0 aliphatic heterocycles. The lowest BCUT2D eigenvalue weighted by molar-refractivity contribution is -0.116. The molecule has 0 radical (unpaired) electrons. The first-order chi connectivity index (χ1) is 18.8. The topological polar surface area (TPSA) is 62.3 Å². The van der Waals surface area contributed by atoms with Crippen molar-refractivity contribution in [2.75, 3.05) is 18.9 Å². The van der Waals surface area contributed by atoms with E-state index in [1.165, 1.54) is 49.6 Å². The van der Waals surface area contributed by atoms with Gasteiger partial charge in [0.15, 0.2) is 17.5 Å². The van der Waals surface area contributed by atoms with Crippen molar-refractivity contribution < 1.29 is 22.8 Å². The number of hydrogen-bond acceptors (Lipinski definition) is 3. The molecule has 0 saturated heterocycles. The summed E-state index contributed by atoms with van der Waals surface area (Å²) in [6.07, 6.45) is 6.21. The maximum absolute atomic E-state index is 14.0. The zero-order valence-corrected chi connectivity index (χ0v) is 21.5.